The van der Waals surface area contributed by atoms with Crippen molar-refractivity contribution < 1.29 is 92.0 Å². The molecule has 0 unspecified atom stereocenters. The van der Waals surface area contributed by atoms with Crippen LogP contribution >= 0.6 is 21.6 Å². The van der Waals surface area contributed by atoms with Crippen molar-refractivity contribution in [2.45, 2.75) is 195 Å². The fourth-order valence-corrected chi connectivity index (χ4v) is 14.6. The number of carbonyl (C=O) groups is 16. The van der Waals surface area contributed by atoms with E-state index >= 15 is 0 Å². The maximum Gasteiger partial charge on any atom is 0.246 e. The molecule has 5 saturated heterocycles. The van der Waals surface area contributed by atoms with E-state index < -0.39 is 229 Å². The Kier molecular flexibility index (Phi) is 31.5. The van der Waals surface area contributed by atoms with Gasteiger partial charge in [0.15, 0.2) is 5.96 Å². The molecule has 5 aliphatic heterocycles. The van der Waals surface area contributed by atoms with Gasteiger partial charge < -0.3 is 111 Å². The lowest BCUT2D eigenvalue weighted by molar-refractivity contribution is -0.148. The number of aliphatic imine (C=N–C) groups is 1. The molecule has 0 aliphatic carbocycles. The number of aliphatic hydroxyl groups is 3. The predicted molar refractivity (Wildman–Crippen MR) is 369 cm³/mol. The molecular weight excluding hydrogens is 1390 g/mol. The van der Waals surface area contributed by atoms with E-state index in [1.165, 1.54) is 9.80 Å². The van der Waals surface area contributed by atoms with E-state index in [0.29, 0.717) is 18.4 Å². The third-order valence-corrected chi connectivity index (χ3v) is 20.4. The number of aliphatic hydroxyl groups excluding tert-OH is 3. The molecule has 0 radical (unpaired) electrons. The number of hydrogen-bond donors (Lipinski definition) is 18. The first kappa shape index (κ1) is 82.5. The second-order valence-corrected chi connectivity index (χ2v) is 28.4. The summed E-state index contributed by atoms with van der Waals surface area (Å²) in [5.74, 6) is -19.1. The third kappa shape index (κ3) is 23.6. The largest absolute Gasteiger partial charge is 0.394 e. The lowest BCUT2D eigenvalue weighted by Crippen LogP contribution is -2.63. The van der Waals surface area contributed by atoms with Crippen LogP contribution in [-0.4, -0.2) is 272 Å². The highest BCUT2D eigenvalue weighted by atomic mass is 33.1. The van der Waals surface area contributed by atoms with Gasteiger partial charge in [-0.2, -0.15) is 0 Å². The van der Waals surface area contributed by atoms with Crippen LogP contribution in [0, 0.1) is 5.92 Å². The lowest BCUT2D eigenvalue weighted by Gasteiger charge is -2.34. The number of hydrogen-bond acceptors (Lipinski definition) is 22. The van der Waals surface area contributed by atoms with Crippen LogP contribution in [0.4, 0.5) is 0 Å². The molecule has 16 amide bonds. The monoisotopic (exact) mass is 1490 g/mol. The minimum absolute atomic E-state index is 0.0191. The first-order valence-electron chi connectivity index (χ1n) is 33.9. The summed E-state index contributed by atoms with van der Waals surface area (Å²) < 4.78 is 0. The van der Waals surface area contributed by atoms with Gasteiger partial charge in [0, 0.05) is 44.1 Å². The Labute approximate surface area is 600 Å². The van der Waals surface area contributed by atoms with Gasteiger partial charge in [0.1, 0.15) is 78.5 Å². The molecule has 1 aromatic carbocycles. The first-order valence-corrected chi connectivity index (χ1v) is 36.4. The highest BCUT2D eigenvalue weighted by Gasteiger charge is 2.47. The fraction of sp³-hybridized carbons (Fsp3) is 0.635. The number of nitrogens with one attached hydrogen (secondary N) is 11. The van der Waals surface area contributed by atoms with Crippen LogP contribution in [-0.2, 0) is 83.1 Å². The summed E-state index contributed by atoms with van der Waals surface area (Å²) >= 11 is 0. The van der Waals surface area contributed by atoms with Crippen LogP contribution < -0.4 is 81.4 Å². The van der Waals surface area contributed by atoms with Crippen molar-refractivity contribution in [3.05, 3.63) is 35.9 Å². The molecule has 38 nitrogen and oxygen atoms in total. The minimum Gasteiger partial charge on any atom is -0.394 e. The third-order valence-electron chi connectivity index (χ3n) is 18.0. The van der Waals surface area contributed by atoms with Gasteiger partial charge >= 0.3 is 0 Å². The number of benzene rings is 1. The molecule has 40 heteroatoms. The number of rotatable bonds is 15. The van der Waals surface area contributed by atoms with Gasteiger partial charge in [-0.05, 0) is 76.7 Å². The minimum atomic E-state index is -2.03. The Morgan fingerprint density at radius 1 is 0.515 bits per heavy atom. The zero-order valence-corrected chi connectivity index (χ0v) is 59.2. The Morgan fingerprint density at radius 3 is 1.51 bits per heavy atom. The number of amides is 16. The number of guanidine groups is 1. The average molecular weight is 1490 g/mol. The summed E-state index contributed by atoms with van der Waals surface area (Å²) in [5.41, 5.74) is 22.7. The normalized spacial score (nSPS) is 28.8. The van der Waals surface area contributed by atoms with E-state index in [9.17, 15) is 92.0 Å². The van der Waals surface area contributed by atoms with Crippen LogP contribution in [0.25, 0.3) is 0 Å². The molecule has 5 heterocycles. The molecule has 5 fully saturated rings. The molecule has 6 rings (SSSR count). The van der Waals surface area contributed by atoms with Crippen LogP contribution in [0.15, 0.2) is 35.3 Å². The molecule has 0 aromatic heterocycles. The Balaban J connectivity index is 1.48. The zero-order chi connectivity index (χ0) is 75.9. The number of nitrogens with two attached hydrogens (primary N) is 4. The van der Waals surface area contributed by atoms with E-state index in [0.717, 1.165) is 40.3 Å². The average Bonchev–Trinajstić information content (AvgIpc) is 1.71. The fourth-order valence-electron chi connectivity index (χ4n) is 12.3. The lowest BCUT2D eigenvalue weighted by atomic mass is 9.97. The van der Waals surface area contributed by atoms with Crippen molar-refractivity contribution in [3.8, 4) is 0 Å². The standard InChI is InChI=1S/C63H95N19O19S2/c1-5-30(2)47-57(96)75-39-28-102-103-29-40(76-58(97)48(31(3)84)77-46(88)26-69-50(89)35(24-44(64)86)71-55(94)41-16-10-20-80(41)61(100)37(25-45(65)87)73-53(39)92)54(93)79-49(32(4)85)59(98)70-34(15-9-19-68-63(66)67)51(90)74-38(27-83)52(91)72-36(23-33-13-7-6-8-14-33)60(99)82-22-12-18-43(82)62(101)81-21-11-17-42(81)56(95)78-47/h6-8,13-14,30-32,34-43,47-49,83-85H,5,9-12,15-29H2,1-4H3,(H2,64,86)(H2,65,87)(H,69,89)(H,70,98)(H,71,94)(H,72,91)(H,73,92)(H,74,90)(H,75,96)(H,76,97)(H,77,88)(H,78,95)(H,79,93)(H4,66,67,68)/t30-,31+,32+,34-,35-,36-,37-,38-,39-,40-,41-,42-,43-,47-,48-,49-/m0/s1. The van der Waals surface area contributed by atoms with E-state index in [2.05, 4.69) is 63.5 Å². The van der Waals surface area contributed by atoms with Crippen molar-refractivity contribution >= 4 is 122 Å². The molecule has 16 atom stereocenters. The predicted octanol–water partition coefficient (Wildman–Crippen LogP) is -8.82. The van der Waals surface area contributed by atoms with Crippen molar-refractivity contribution in [1.82, 2.24) is 73.2 Å². The van der Waals surface area contributed by atoms with E-state index in [-0.39, 0.29) is 83.5 Å². The van der Waals surface area contributed by atoms with E-state index in [1.54, 1.807) is 44.2 Å². The van der Waals surface area contributed by atoms with Crippen molar-refractivity contribution in [2.75, 3.05) is 50.8 Å². The highest BCUT2D eigenvalue weighted by molar-refractivity contribution is 8.76. The molecule has 1 aromatic rings. The Hall–Kier alpha value is -9.41. The number of primary amides is 2. The summed E-state index contributed by atoms with van der Waals surface area (Å²) in [6, 6.07) is -13.2. The van der Waals surface area contributed by atoms with Crippen molar-refractivity contribution in [2.24, 2.45) is 33.8 Å². The second-order valence-electron chi connectivity index (χ2n) is 25.8. The van der Waals surface area contributed by atoms with E-state index in [4.69, 9.17) is 22.9 Å². The molecule has 568 valence electrons. The summed E-state index contributed by atoms with van der Waals surface area (Å²) in [5, 5.41) is 59.7. The van der Waals surface area contributed by atoms with Gasteiger partial charge in [-0.3, -0.25) is 81.7 Å². The number of fused-ring (bicyclic) bond motifs is 8. The van der Waals surface area contributed by atoms with Crippen molar-refractivity contribution in [1.29, 1.82) is 0 Å². The molecule has 2 bridgehead atoms. The molecule has 0 saturated carbocycles. The summed E-state index contributed by atoms with van der Waals surface area (Å²) in [6.07, 6.45) is -4.76. The second kappa shape index (κ2) is 39.3. The highest BCUT2D eigenvalue weighted by Crippen LogP contribution is 2.28. The SMILES string of the molecule is CC[C@H](C)[C@@H]1NC(=O)[C@@H]2CCCN2C(=O)[C@@H]2CCCN2C(=O)[C@H](Cc2ccccc2)NC(=O)[C@H](CO)NC(=O)[C@H](CCCN=C(N)N)NC(=O)[C@H]([C@@H](C)O)NC(=O)[C@@H]2CSSC[C@H](NC1=O)C(=O)N[C@@H](CC(N)=O)C(=O)N1CCC[C@H]1C(=O)N[C@@H](CC(N)=O)C(=O)NCC(=O)N[C@@H]([C@@H](C)O)C(=O)N2. The Bertz CT molecular complexity index is 3330. The van der Waals surface area contributed by atoms with E-state index in [1.807, 2.05) is 0 Å². The summed E-state index contributed by atoms with van der Waals surface area (Å²) in [6.45, 7) is 3.15. The molecule has 0 spiro atoms. The quantitative estimate of drug-likeness (QED) is 0.0336. The van der Waals surface area contributed by atoms with Crippen LogP contribution in [0.3, 0.4) is 0 Å². The molecular formula is C63H95N19O19S2. The smallest absolute Gasteiger partial charge is 0.246 e. The van der Waals surface area contributed by atoms with Crippen LogP contribution in [0.1, 0.15) is 104 Å². The maximum atomic E-state index is 15.0. The summed E-state index contributed by atoms with van der Waals surface area (Å²) in [7, 11) is 1.48. The summed E-state index contributed by atoms with van der Waals surface area (Å²) in [4.78, 5) is 236. The Morgan fingerprint density at radius 2 is 0.961 bits per heavy atom. The molecule has 22 N–H and O–H groups in total. The molecule has 103 heavy (non-hydrogen) atoms. The first-order chi connectivity index (χ1) is 48.8. The van der Waals surface area contributed by atoms with Crippen LogP contribution in [0.2, 0.25) is 0 Å². The topological polar surface area (TPSA) is 592 Å². The van der Waals surface area contributed by atoms with Gasteiger partial charge in [0.05, 0.1) is 38.2 Å². The van der Waals surface area contributed by atoms with Gasteiger partial charge in [-0.25, -0.2) is 0 Å². The maximum absolute atomic E-state index is 15.0. The zero-order valence-electron chi connectivity index (χ0n) is 57.6. The van der Waals surface area contributed by atoms with Crippen molar-refractivity contribution in [3.63, 3.8) is 0 Å². The molecule has 5 aliphatic rings. The van der Waals surface area contributed by atoms with Crippen LogP contribution in [0.5, 0.6) is 0 Å². The van der Waals surface area contributed by atoms with Gasteiger partial charge in [0.2, 0.25) is 94.5 Å². The number of carbonyl (C=O) groups excluding carboxylic acids is 16. The van der Waals surface area contributed by atoms with Gasteiger partial charge in [-0.1, -0.05) is 72.2 Å². The van der Waals surface area contributed by atoms with Gasteiger partial charge in [-0.15, -0.1) is 0 Å². The van der Waals surface area contributed by atoms with Gasteiger partial charge in [0.25, 0.3) is 0 Å². The number of nitrogens with zero attached hydrogens (tertiary/aromatic N) is 4.